The number of ether oxygens (including phenoxy) is 1. The van der Waals surface area contributed by atoms with Crippen LogP contribution in [0.5, 0.6) is 0 Å². The molecule has 0 aliphatic carbocycles. The highest BCUT2D eigenvalue weighted by atomic mass is 19.4. The number of halogens is 3. The molecular weight excluding hydrogens is 168 g/mol. The van der Waals surface area contributed by atoms with Gasteiger partial charge in [-0.05, 0) is 20.3 Å². The lowest BCUT2D eigenvalue weighted by atomic mass is 9.74. The van der Waals surface area contributed by atoms with E-state index in [0.717, 1.165) is 0 Å². The molecule has 0 amide bonds. The van der Waals surface area contributed by atoms with Crippen molar-refractivity contribution in [2.24, 2.45) is 0 Å². The van der Waals surface area contributed by atoms with E-state index in [1.807, 2.05) is 0 Å². The van der Waals surface area contributed by atoms with Crippen LogP contribution in [0.3, 0.4) is 0 Å². The molecule has 0 bridgehead atoms. The van der Waals surface area contributed by atoms with Crippen molar-refractivity contribution in [1.29, 1.82) is 0 Å². The summed E-state index contributed by atoms with van der Waals surface area (Å²) in [5.41, 5.74) is -0.402. The quantitative estimate of drug-likeness (QED) is 0.561. The Balaban J connectivity index is 2.77. The van der Waals surface area contributed by atoms with Gasteiger partial charge in [0.15, 0.2) is 0 Å². The van der Waals surface area contributed by atoms with E-state index in [2.05, 4.69) is 0 Å². The molecule has 0 saturated carbocycles. The van der Waals surface area contributed by atoms with E-state index in [9.17, 15) is 12.9 Å². The van der Waals surface area contributed by atoms with E-state index < -0.39 is 18.6 Å². The first-order valence-corrected chi connectivity index (χ1v) is 3.95. The lowest BCUT2D eigenvalue weighted by Crippen LogP contribution is -2.30. The SMILES string of the molecule is C[C@@H]1CC([B-](F)(F)F)=C[C@H](C)O1. The predicted molar refractivity (Wildman–Crippen MR) is 41.8 cm³/mol. The monoisotopic (exact) mass is 179 g/mol. The zero-order valence-corrected chi connectivity index (χ0v) is 7.06. The Morgan fingerprint density at radius 3 is 2.42 bits per heavy atom. The first kappa shape index (κ1) is 9.64. The lowest BCUT2D eigenvalue weighted by Gasteiger charge is -2.30. The molecular formula is C7H11BF3O-. The summed E-state index contributed by atoms with van der Waals surface area (Å²) in [5.74, 6) is 0. The Morgan fingerprint density at radius 2 is 2.00 bits per heavy atom. The first-order chi connectivity index (χ1) is 5.39. The van der Waals surface area contributed by atoms with Crippen LogP contribution in [-0.2, 0) is 4.74 Å². The van der Waals surface area contributed by atoms with Gasteiger partial charge in [-0.25, -0.2) is 0 Å². The standard InChI is InChI=1S/C7H11BF3O/c1-5-3-7(8(9,10)11)4-6(2)12-5/h3,5-6H,4H2,1-2H3/q-1/t5-,6+/m0/s1. The average molecular weight is 179 g/mol. The molecule has 1 nitrogen and oxygen atoms in total. The summed E-state index contributed by atoms with van der Waals surface area (Å²) in [6, 6.07) is 0. The molecule has 1 heterocycles. The molecule has 0 aromatic heterocycles. The van der Waals surface area contributed by atoms with Crippen LogP contribution in [0.25, 0.3) is 0 Å². The van der Waals surface area contributed by atoms with Crippen LogP contribution in [0, 0.1) is 0 Å². The van der Waals surface area contributed by atoms with E-state index in [1.165, 1.54) is 6.08 Å². The third-order valence-corrected chi connectivity index (χ3v) is 1.84. The molecule has 2 atom stereocenters. The minimum absolute atomic E-state index is 0.00611. The van der Waals surface area contributed by atoms with Gasteiger partial charge in [0.1, 0.15) is 0 Å². The van der Waals surface area contributed by atoms with Crippen LogP contribution in [0.15, 0.2) is 11.5 Å². The summed E-state index contributed by atoms with van der Waals surface area (Å²) >= 11 is 0. The first-order valence-electron chi connectivity index (χ1n) is 3.95. The average Bonchev–Trinajstić information content (AvgIpc) is 1.82. The fraction of sp³-hybridized carbons (Fsp3) is 0.714. The summed E-state index contributed by atoms with van der Waals surface area (Å²) in [6.45, 7) is -1.52. The minimum Gasteiger partial charge on any atom is -0.445 e. The van der Waals surface area contributed by atoms with E-state index in [-0.39, 0.29) is 12.5 Å². The zero-order valence-electron chi connectivity index (χ0n) is 7.06. The Bertz CT molecular complexity index is 199. The van der Waals surface area contributed by atoms with E-state index in [1.54, 1.807) is 13.8 Å². The third-order valence-electron chi connectivity index (χ3n) is 1.84. The molecule has 0 aromatic rings. The number of hydrogen-bond acceptors (Lipinski definition) is 1. The van der Waals surface area contributed by atoms with Crippen molar-refractivity contribution in [3.8, 4) is 0 Å². The second kappa shape index (κ2) is 3.13. The third kappa shape index (κ3) is 2.27. The largest absolute Gasteiger partial charge is 0.505 e. The molecule has 1 rings (SSSR count). The normalized spacial score (nSPS) is 31.6. The summed E-state index contributed by atoms with van der Waals surface area (Å²) in [4.78, 5) is 0. The molecule has 0 fully saturated rings. The van der Waals surface area contributed by atoms with Crippen LogP contribution >= 0.6 is 0 Å². The molecule has 0 aromatic carbocycles. The molecule has 70 valence electrons. The smallest absolute Gasteiger partial charge is 0.445 e. The highest BCUT2D eigenvalue weighted by Crippen LogP contribution is 2.29. The minimum atomic E-state index is -4.80. The fourth-order valence-corrected chi connectivity index (χ4v) is 1.40. The van der Waals surface area contributed by atoms with Gasteiger partial charge in [0.05, 0.1) is 12.2 Å². The van der Waals surface area contributed by atoms with Crippen LogP contribution in [0.2, 0.25) is 0 Å². The summed E-state index contributed by atoms with van der Waals surface area (Å²) in [6.07, 6.45) is 0.434. The predicted octanol–water partition coefficient (Wildman–Crippen LogP) is 2.50. The maximum absolute atomic E-state index is 12.2. The molecule has 0 radical (unpaired) electrons. The Morgan fingerprint density at radius 1 is 1.42 bits per heavy atom. The molecule has 1 aliphatic rings. The molecule has 12 heavy (non-hydrogen) atoms. The highest BCUT2D eigenvalue weighted by Gasteiger charge is 2.32. The zero-order chi connectivity index (χ0) is 9.35. The van der Waals surface area contributed by atoms with Gasteiger partial charge in [-0.1, -0.05) is 6.08 Å². The molecule has 0 saturated heterocycles. The van der Waals surface area contributed by atoms with E-state index in [4.69, 9.17) is 4.74 Å². The Labute approximate surface area is 69.6 Å². The van der Waals surface area contributed by atoms with Gasteiger partial charge in [0.2, 0.25) is 0 Å². The summed E-state index contributed by atoms with van der Waals surface area (Å²) < 4.78 is 41.8. The van der Waals surface area contributed by atoms with Crippen molar-refractivity contribution in [3.05, 3.63) is 11.5 Å². The maximum Gasteiger partial charge on any atom is 0.505 e. The molecule has 0 N–H and O–H groups in total. The molecule has 5 heteroatoms. The topological polar surface area (TPSA) is 9.23 Å². The summed E-state index contributed by atoms with van der Waals surface area (Å²) in [5, 5.41) is 0. The van der Waals surface area contributed by atoms with Crippen molar-refractivity contribution in [2.75, 3.05) is 0 Å². The van der Waals surface area contributed by atoms with Gasteiger partial charge in [0, 0.05) is 0 Å². The van der Waals surface area contributed by atoms with Gasteiger partial charge < -0.3 is 17.7 Å². The number of hydrogen-bond donors (Lipinski definition) is 0. The number of rotatable bonds is 1. The molecule has 0 unspecified atom stereocenters. The van der Waals surface area contributed by atoms with Crippen LogP contribution in [0.1, 0.15) is 20.3 Å². The van der Waals surface area contributed by atoms with Crippen LogP contribution < -0.4 is 0 Å². The second-order valence-electron chi connectivity index (χ2n) is 3.17. The van der Waals surface area contributed by atoms with Gasteiger partial charge in [-0.2, -0.15) is 0 Å². The van der Waals surface area contributed by atoms with Gasteiger partial charge in [0.25, 0.3) is 0 Å². The Hall–Kier alpha value is -0.445. The highest BCUT2D eigenvalue weighted by molar-refractivity contribution is 6.66. The second-order valence-corrected chi connectivity index (χ2v) is 3.17. The van der Waals surface area contributed by atoms with E-state index >= 15 is 0 Å². The molecule has 0 spiro atoms. The van der Waals surface area contributed by atoms with Gasteiger partial charge >= 0.3 is 6.98 Å². The van der Waals surface area contributed by atoms with Gasteiger partial charge in [-0.3, -0.25) is 0 Å². The van der Waals surface area contributed by atoms with Crippen molar-refractivity contribution in [3.63, 3.8) is 0 Å². The molecule has 1 aliphatic heterocycles. The van der Waals surface area contributed by atoms with Crippen molar-refractivity contribution in [2.45, 2.75) is 32.5 Å². The maximum atomic E-state index is 12.2. The lowest BCUT2D eigenvalue weighted by molar-refractivity contribution is 0.0249. The van der Waals surface area contributed by atoms with Crippen molar-refractivity contribution in [1.82, 2.24) is 0 Å². The van der Waals surface area contributed by atoms with Crippen LogP contribution in [0.4, 0.5) is 12.9 Å². The van der Waals surface area contributed by atoms with Crippen molar-refractivity contribution < 1.29 is 17.7 Å². The van der Waals surface area contributed by atoms with E-state index in [0.29, 0.717) is 0 Å². The van der Waals surface area contributed by atoms with Crippen molar-refractivity contribution >= 4 is 6.98 Å². The summed E-state index contributed by atoms with van der Waals surface area (Å²) in [7, 11) is 0. The fourth-order valence-electron chi connectivity index (χ4n) is 1.40. The van der Waals surface area contributed by atoms with Gasteiger partial charge in [-0.15, -0.1) is 5.47 Å². The Kier molecular flexibility index (Phi) is 2.51. The van der Waals surface area contributed by atoms with Crippen LogP contribution in [-0.4, -0.2) is 19.2 Å².